The number of hydrogen-bond acceptors (Lipinski definition) is 3. The van der Waals surface area contributed by atoms with Crippen LogP contribution in [0.1, 0.15) is 15.9 Å². The van der Waals surface area contributed by atoms with Crippen LogP contribution in [0.3, 0.4) is 0 Å². The number of carbonyl (C=O) groups excluding carboxylic acids is 1. The van der Waals surface area contributed by atoms with E-state index in [1.54, 1.807) is 24.3 Å². The first-order chi connectivity index (χ1) is 10.6. The molecule has 22 heavy (non-hydrogen) atoms. The lowest BCUT2D eigenvalue weighted by atomic mass is 10.1. The quantitative estimate of drug-likeness (QED) is 0.861. The number of amides is 1. The standard InChI is InChI=1S/C17H19ClN2O2/c1-20(9-10-21)12-13-3-2-4-16(11-13)19-17(22)14-5-7-15(18)8-6-14/h2-8,11,21H,9-10,12H2,1H3,(H,19,22). The van der Waals surface area contributed by atoms with Gasteiger partial charge in [0.2, 0.25) is 0 Å². The Labute approximate surface area is 135 Å². The fourth-order valence-corrected chi connectivity index (χ4v) is 2.24. The summed E-state index contributed by atoms with van der Waals surface area (Å²) in [5.41, 5.74) is 2.38. The Morgan fingerprint density at radius 2 is 1.95 bits per heavy atom. The Morgan fingerprint density at radius 1 is 1.23 bits per heavy atom. The van der Waals surface area contributed by atoms with Crippen molar-refractivity contribution in [3.05, 3.63) is 64.7 Å². The lowest BCUT2D eigenvalue weighted by Crippen LogP contribution is -2.21. The van der Waals surface area contributed by atoms with E-state index < -0.39 is 0 Å². The van der Waals surface area contributed by atoms with Crippen molar-refractivity contribution in [1.82, 2.24) is 4.90 Å². The number of aliphatic hydroxyl groups excluding tert-OH is 1. The van der Waals surface area contributed by atoms with Crippen LogP contribution in [0.25, 0.3) is 0 Å². The molecule has 0 fully saturated rings. The molecular weight excluding hydrogens is 300 g/mol. The maximum atomic E-state index is 12.2. The van der Waals surface area contributed by atoms with Gasteiger partial charge in [0.1, 0.15) is 0 Å². The molecule has 0 saturated heterocycles. The second-order valence-corrected chi connectivity index (χ2v) is 5.56. The van der Waals surface area contributed by atoms with E-state index in [0.29, 0.717) is 23.7 Å². The van der Waals surface area contributed by atoms with Crippen LogP contribution < -0.4 is 5.32 Å². The molecule has 0 spiro atoms. The molecule has 2 N–H and O–H groups in total. The molecule has 0 aliphatic rings. The molecule has 2 aromatic rings. The molecule has 0 heterocycles. The summed E-state index contributed by atoms with van der Waals surface area (Å²) in [5.74, 6) is -0.169. The van der Waals surface area contributed by atoms with Crippen molar-refractivity contribution >= 4 is 23.2 Å². The second kappa shape index (κ2) is 7.94. The minimum absolute atomic E-state index is 0.128. The number of likely N-dealkylation sites (N-methyl/N-ethyl adjacent to an activating group) is 1. The first-order valence-corrected chi connectivity index (χ1v) is 7.41. The maximum Gasteiger partial charge on any atom is 0.255 e. The number of benzene rings is 2. The molecule has 0 aliphatic carbocycles. The van der Waals surface area contributed by atoms with Crippen molar-refractivity contribution in [2.24, 2.45) is 0 Å². The van der Waals surface area contributed by atoms with Gasteiger partial charge in [-0.15, -0.1) is 0 Å². The molecule has 0 saturated carbocycles. The van der Waals surface area contributed by atoms with Gasteiger partial charge in [-0.1, -0.05) is 23.7 Å². The van der Waals surface area contributed by atoms with E-state index in [1.165, 1.54) is 0 Å². The minimum atomic E-state index is -0.169. The summed E-state index contributed by atoms with van der Waals surface area (Å²) < 4.78 is 0. The van der Waals surface area contributed by atoms with Crippen molar-refractivity contribution in [3.8, 4) is 0 Å². The number of hydrogen-bond donors (Lipinski definition) is 2. The number of carbonyl (C=O) groups is 1. The lowest BCUT2D eigenvalue weighted by Gasteiger charge is -2.15. The summed E-state index contributed by atoms with van der Waals surface area (Å²) >= 11 is 5.82. The summed E-state index contributed by atoms with van der Waals surface area (Å²) in [7, 11) is 1.94. The number of halogens is 1. The monoisotopic (exact) mass is 318 g/mol. The third-order valence-corrected chi connectivity index (χ3v) is 3.48. The highest BCUT2D eigenvalue weighted by Gasteiger charge is 2.07. The largest absolute Gasteiger partial charge is 0.395 e. The number of rotatable bonds is 6. The molecule has 0 bridgehead atoms. The summed E-state index contributed by atoms with van der Waals surface area (Å²) in [6, 6.07) is 14.4. The van der Waals surface area contributed by atoms with Crippen LogP contribution in [-0.2, 0) is 6.54 Å². The second-order valence-electron chi connectivity index (χ2n) is 5.12. The SMILES string of the molecule is CN(CCO)Cc1cccc(NC(=O)c2ccc(Cl)cc2)c1. The van der Waals surface area contributed by atoms with Gasteiger partial charge in [0.25, 0.3) is 5.91 Å². The van der Waals surface area contributed by atoms with Crippen LogP contribution >= 0.6 is 11.6 Å². The summed E-state index contributed by atoms with van der Waals surface area (Å²) in [6.07, 6.45) is 0. The minimum Gasteiger partial charge on any atom is -0.395 e. The van der Waals surface area contributed by atoms with Gasteiger partial charge in [0.05, 0.1) is 6.61 Å². The number of nitrogens with one attached hydrogen (secondary N) is 1. The van der Waals surface area contributed by atoms with E-state index in [-0.39, 0.29) is 12.5 Å². The van der Waals surface area contributed by atoms with Gasteiger partial charge in [0, 0.05) is 29.4 Å². The van der Waals surface area contributed by atoms with E-state index in [9.17, 15) is 4.79 Å². The highest BCUT2D eigenvalue weighted by Crippen LogP contribution is 2.15. The third-order valence-electron chi connectivity index (χ3n) is 3.23. The van der Waals surface area contributed by atoms with Crippen LogP contribution in [0.5, 0.6) is 0 Å². The van der Waals surface area contributed by atoms with E-state index in [0.717, 1.165) is 11.3 Å². The van der Waals surface area contributed by atoms with E-state index >= 15 is 0 Å². The number of anilines is 1. The first kappa shape index (κ1) is 16.5. The van der Waals surface area contributed by atoms with Gasteiger partial charge >= 0.3 is 0 Å². The fourth-order valence-electron chi connectivity index (χ4n) is 2.11. The zero-order valence-electron chi connectivity index (χ0n) is 12.4. The Balaban J connectivity index is 2.03. The fraction of sp³-hybridized carbons (Fsp3) is 0.235. The van der Waals surface area contributed by atoms with E-state index in [4.69, 9.17) is 16.7 Å². The Kier molecular flexibility index (Phi) is 5.95. The van der Waals surface area contributed by atoms with E-state index in [2.05, 4.69) is 5.32 Å². The zero-order valence-corrected chi connectivity index (χ0v) is 13.2. The van der Waals surface area contributed by atoms with Gasteiger partial charge in [-0.25, -0.2) is 0 Å². The molecule has 116 valence electrons. The van der Waals surface area contributed by atoms with Crippen molar-refractivity contribution in [1.29, 1.82) is 0 Å². The highest BCUT2D eigenvalue weighted by molar-refractivity contribution is 6.30. The zero-order chi connectivity index (χ0) is 15.9. The number of nitrogens with zero attached hydrogens (tertiary/aromatic N) is 1. The van der Waals surface area contributed by atoms with Crippen molar-refractivity contribution in [2.75, 3.05) is 25.5 Å². The van der Waals surface area contributed by atoms with Crippen LogP contribution in [0.15, 0.2) is 48.5 Å². The molecule has 0 atom stereocenters. The Morgan fingerprint density at radius 3 is 2.64 bits per heavy atom. The maximum absolute atomic E-state index is 12.2. The van der Waals surface area contributed by atoms with Crippen LogP contribution in [-0.4, -0.2) is 36.1 Å². The topological polar surface area (TPSA) is 52.6 Å². The van der Waals surface area contributed by atoms with Gasteiger partial charge in [-0.2, -0.15) is 0 Å². The van der Waals surface area contributed by atoms with Crippen LogP contribution in [0.2, 0.25) is 5.02 Å². The van der Waals surface area contributed by atoms with Crippen LogP contribution in [0.4, 0.5) is 5.69 Å². The summed E-state index contributed by atoms with van der Waals surface area (Å²) in [6.45, 7) is 1.45. The van der Waals surface area contributed by atoms with Crippen molar-refractivity contribution in [2.45, 2.75) is 6.54 Å². The average molecular weight is 319 g/mol. The molecule has 0 unspecified atom stereocenters. The van der Waals surface area contributed by atoms with Crippen LogP contribution in [0, 0.1) is 0 Å². The first-order valence-electron chi connectivity index (χ1n) is 7.04. The lowest BCUT2D eigenvalue weighted by molar-refractivity contribution is 0.102. The Bertz CT molecular complexity index is 629. The smallest absolute Gasteiger partial charge is 0.255 e. The normalized spacial score (nSPS) is 10.7. The average Bonchev–Trinajstić information content (AvgIpc) is 2.48. The molecule has 2 rings (SSSR count). The molecule has 1 amide bonds. The predicted octanol–water partition coefficient (Wildman–Crippen LogP) is 3.02. The summed E-state index contributed by atoms with van der Waals surface area (Å²) in [5, 5.41) is 12.4. The van der Waals surface area contributed by atoms with Gasteiger partial charge < -0.3 is 10.4 Å². The molecule has 0 radical (unpaired) electrons. The third kappa shape index (κ3) is 4.84. The number of aliphatic hydroxyl groups is 1. The Hall–Kier alpha value is -1.88. The molecule has 5 heteroatoms. The van der Waals surface area contributed by atoms with Gasteiger partial charge in [-0.3, -0.25) is 9.69 Å². The molecule has 0 aliphatic heterocycles. The van der Waals surface area contributed by atoms with Crippen molar-refractivity contribution < 1.29 is 9.90 Å². The molecule has 0 aromatic heterocycles. The molecular formula is C17H19ClN2O2. The molecule has 4 nitrogen and oxygen atoms in total. The molecule has 2 aromatic carbocycles. The van der Waals surface area contributed by atoms with E-state index in [1.807, 2.05) is 36.2 Å². The summed E-state index contributed by atoms with van der Waals surface area (Å²) in [4.78, 5) is 14.2. The highest BCUT2D eigenvalue weighted by atomic mass is 35.5. The predicted molar refractivity (Wildman–Crippen MR) is 89.3 cm³/mol. The van der Waals surface area contributed by atoms with Gasteiger partial charge in [0.15, 0.2) is 0 Å². The van der Waals surface area contributed by atoms with Gasteiger partial charge in [-0.05, 0) is 49.0 Å². The van der Waals surface area contributed by atoms with Crippen molar-refractivity contribution in [3.63, 3.8) is 0 Å².